The second kappa shape index (κ2) is 10.2. The van der Waals surface area contributed by atoms with Gasteiger partial charge in [0.05, 0.1) is 10.5 Å². The molecule has 1 aliphatic rings. The molecule has 11 heteroatoms. The van der Waals surface area contributed by atoms with Gasteiger partial charge in [0.2, 0.25) is 0 Å². The fraction of sp³-hybridized carbons (Fsp3) is 0.308. The molecule has 5 N–H and O–H groups in total. The first-order chi connectivity index (χ1) is 11.2. The molecule has 0 atom stereocenters. The molecule has 1 aromatic carbocycles. The van der Waals surface area contributed by atoms with Crippen molar-refractivity contribution in [3.8, 4) is 0 Å². The molecule has 24 heavy (non-hydrogen) atoms. The highest BCUT2D eigenvalue weighted by Gasteiger charge is 2.03. The van der Waals surface area contributed by atoms with E-state index in [4.69, 9.17) is 47.7 Å². The number of aromatic nitrogens is 1. The van der Waals surface area contributed by atoms with Gasteiger partial charge in [-0.05, 0) is 12.1 Å². The van der Waals surface area contributed by atoms with Gasteiger partial charge in [0, 0.05) is 31.6 Å². The number of halogens is 2. The molecule has 1 aliphatic heterocycles. The fourth-order valence-electron chi connectivity index (χ4n) is 1.72. The van der Waals surface area contributed by atoms with Crippen LogP contribution in [0, 0.1) is 0 Å². The summed E-state index contributed by atoms with van der Waals surface area (Å²) in [6.07, 6.45) is 0. The third-order valence-electron chi connectivity index (χ3n) is 2.73. The fourth-order valence-corrected chi connectivity index (χ4v) is 2.03. The minimum absolute atomic E-state index is 0.357. The smallest absolute Gasteiger partial charge is 0.314 e. The molecule has 2 aromatic rings. The van der Waals surface area contributed by atoms with E-state index in [0.717, 1.165) is 37.1 Å². The molecule has 3 rings (SSSR count). The topological polar surface area (TPSA) is 126 Å². The maximum atomic E-state index is 8.88. The van der Waals surface area contributed by atoms with E-state index in [1.165, 1.54) is 5.06 Å². The molecule has 1 saturated heterocycles. The number of benzene rings is 1. The van der Waals surface area contributed by atoms with E-state index in [1.54, 1.807) is 0 Å². The normalized spacial score (nSPS) is 15.1. The molecule has 0 aliphatic carbocycles. The SMILES string of the molecule is Clc1cc2ccccc2nc1Cl.O=P(O)(O)O.ON1CCNCC1. The van der Waals surface area contributed by atoms with Crippen LogP contribution in [0.5, 0.6) is 0 Å². The van der Waals surface area contributed by atoms with E-state index in [1.807, 2.05) is 30.3 Å². The number of phosphoric acid groups is 1. The average Bonchev–Trinajstić information content (AvgIpc) is 2.48. The molecule has 0 radical (unpaired) electrons. The molecular weight excluding hydrogens is 380 g/mol. The highest BCUT2D eigenvalue weighted by Crippen LogP contribution is 2.26. The van der Waals surface area contributed by atoms with Gasteiger partial charge in [0.25, 0.3) is 0 Å². The Bertz CT molecular complexity index is 646. The van der Waals surface area contributed by atoms with Crippen LogP contribution >= 0.6 is 31.0 Å². The van der Waals surface area contributed by atoms with E-state index in [0.29, 0.717) is 10.2 Å². The summed E-state index contributed by atoms with van der Waals surface area (Å²) in [5, 5.41) is 15.0. The lowest BCUT2D eigenvalue weighted by Crippen LogP contribution is -2.41. The van der Waals surface area contributed by atoms with E-state index >= 15 is 0 Å². The van der Waals surface area contributed by atoms with Crippen LogP contribution in [0.4, 0.5) is 0 Å². The Morgan fingerprint density at radius 2 is 1.67 bits per heavy atom. The molecule has 8 nitrogen and oxygen atoms in total. The highest BCUT2D eigenvalue weighted by atomic mass is 35.5. The van der Waals surface area contributed by atoms with Gasteiger partial charge in [-0.2, -0.15) is 5.06 Å². The van der Waals surface area contributed by atoms with Gasteiger partial charge >= 0.3 is 7.82 Å². The Labute approximate surface area is 148 Å². The van der Waals surface area contributed by atoms with Crippen LogP contribution in [-0.4, -0.2) is 56.1 Å². The number of rotatable bonds is 0. The van der Waals surface area contributed by atoms with Crippen LogP contribution in [0.25, 0.3) is 10.9 Å². The van der Waals surface area contributed by atoms with Crippen LogP contribution in [0.2, 0.25) is 10.2 Å². The van der Waals surface area contributed by atoms with Gasteiger partial charge < -0.3 is 25.2 Å². The van der Waals surface area contributed by atoms with Crippen molar-refractivity contribution >= 4 is 41.9 Å². The van der Waals surface area contributed by atoms with E-state index < -0.39 is 7.82 Å². The molecule has 0 unspecified atom stereocenters. The predicted octanol–water partition coefficient (Wildman–Crippen LogP) is 1.89. The van der Waals surface area contributed by atoms with Crippen molar-refractivity contribution in [3.05, 3.63) is 40.5 Å². The zero-order valence-corrected chi connectivity index (χ0v) is 14.9. The minimum Gasteiger partial charge on any atom is -0.314 e. The summed E-state index contributed by atoms with van der Waals surface area (Å²) >= 11 is 11.5. The summed E-state index contributed by atoms with van der Waals surface area (Å²) in [6.45, 7) is 3.35. The lowest BCUT2D eigenvalue weighted by Gasteiger charge is -2.19. The van der Waals surface area contributed by atoms with Crippen molar-refractivity contribution in [2.75, 3.05) is 26.2 Å². The molecule has 1 fully saturated rings. The number of hydrogen-bond donors (Lipinski definition) is 5. The molecule has 0 bridgehead atoms. The van der Waals surface area contributed by atoms with Gasteiger partial charge in [0.1, 0.15) is 5.15 Å². The number of piperazine rings is 1. The first-order valence-electron chi connectivity index (χ1n) is 6.80. The van der Waals surface area contributed by atoms with Crippen molar-refractivity contribution < 1.29 is 24.5 Å². The van der Waals surface area contributed by atoms with E-state index in [-0.39, 0.29) is 0 Å². The Kier molecular flexibility index (Phi) is 9.07. The monoisotopic (exact) mass is 397 g/mol. The lowest BCUT2D eigenvalue weighted by molar-refractivity contribution is -0.0976. The summed E-state index contributed by atoms with van der Waals surface area (Å²) in [6, 6.07) is 9.52. The lowest BCUT2D eigenvalue weighted by atomic mass is 10.2. The van der Waals surface area contributed by atoms with Crippen LogP contribution in [0.1, 0.15) is 0 Å². The number of nitrogens with zero attached hydrogens (tertiary/aromatic N) is 2. The van der Waals surface area contributed by atoms with Gasteiger partial charge in [-0.3, -0.25) is 0 Å². The van der Waals surface area contributed by atoms with Gasteiger partial charge in [0.15, 0.2) is 0 Å². The average molecular weight is 398 g/mol. The number of fused-ring (bicyclic) bond motifs is 1. The maximum Gasteiger partial charge on any atom is 0.466 e. The number of nitrogens with one attached hydrogen (secondary N) is 1. The zero-order chi connectivity index (χ0) is 18.2. The molecular formula is C13H18Cl2N3O5P. The summed E-state index contributed by atoms with van der Waals surface area (Å²) in [4.78, 5) is 25.7. The van der Waals surface area contributed by atoms with Crippen molar-refractivity contribution in [2.24, 2.45) is 0 Å². The molecule has 134 valence electrons. The quantitative estimate of drug-likeness (QED) is 0.337. The van der Waals surface area contributed by atoms with Crippen molar-refractivity contribution in [1.82, 2.24) is 15.4 Å². The first-order valence-corrected chi connectivity index (χ1v) is 9.12. The third kappa shape index (κ3) is 9.48. The van der Waals surface area contributed by atoms with E-state index in [9.17, 15) is 0 Å². The summed E-state index contributed by atoms with van der Waals surface area (Å²) in [5.74, 6) is 0. The second-order valence-corrected chi connectivity index (χ2v) is 6.46. The Morgan fingerprint density at radius 3 is 2.17 bits per heavy atom. The minimum atomic E-state index is -4.64. The maximum absolute atomic E-state index is 8.88. The Hall–Kier alpha value is -0.800. The molecule has 0 spiro atoms. The Morgan fingerprint density at radius 1 is 1.12 bits per heavy atom. The molecule has 1 aromatic heterocycles. The number of pyridine rings is 1. The Balaban J connectivity index is 0.000000205. The number of hydrogen-bond acceptors (Lipinski definition) is 5. The second-order valence-electron chi connectivity index (χ2n) is 4.67. The van der Waals surface area contributed by atoms with Crippen molar-refractivity contribution in [2.45, 2.75) is 0 Å². The molecule has 0 saturated carbocycles. The zero-order valence-electron chi connectivity index (χ0n) is 12.5. The van der Waals surface area contributed by atoms with Crippen LogP contribution in [0.15, 0.2) is 30.3 Å². The molecule has 0 amide bonds. The highest BCUT2D eigenvalue weighted by molar-refractivity contribution is 7.45. The largest absolute Gasteiger partial charge is 0.466 e. The standard InChI is InChI=1S/C9H5Cl2N.C4H10N2O.H3O4P/c10-7-5-6-3-1-2-4-8(6)12-9(7)11;7-6-3-1-5-2-4-6;1-5(2,3)4/h1-5H;5,7H,1-4H2;(H3,1,2,3,4). The summed E-state index contributed by atoms with van der Waals surface area (Å²) in [5.41, 5.74) is 0.868. The summed E-state index contributed by atoms with van der Waals surface area (Å²) < 4.78 is 8.88. The summed E-state index contributed by atoms with van der Waals surface area (Å²) in [7, 11) is -4.64. The van der Waals surface area contributed by atoms with Gasteiger partial charge in [-0.15, -0.1) is 0 Å². The van der Waals surface area contributed by atoms with Crippen LogP contribution < -0.4 is 5.32 Å². The van der Waals surface area contributed by atoms with E-state index in [2.05, 4.69) is 10.3 Å². The number of hydroxylamine groups is 2. The van der Waals surface area contributed by atoms with Crippen molar-refractivity contribution in [3.63, 3.8) is 0 Å². The van der Waals surface area contributed by atoms with Gasteiger partial charge in [-0.1, -0.05) is 41.4 Å². The first kappa shape index (κ1) is 21.2. The predicted molar refractivity (Wildman–Crippen MR) is 92.3 cm³/mol. The number of para-hydroxylation sites is 1. The molecule has 2 heterocycles. The third-order valence-corrected chi connectivity index (χ3v) is 3.40. The van der Waals surface area contributed by atoms with Crippen LogP contribution in [-0.2, 0) is 4.57 Å². The van der Waals surface area contributed by atoms with Gasteiger partial charge in [-0.25, -0.2) is 9.55 Å². The van der Waals surface area contributed by atoms with Crippen molar-refractivity contribution in [1.29, 1.82) is 0 Å². The van der Waals surface area contributed by atoms with Crippen LogP contribution in [0.3, 0.4) is 0 Å².